The smallest absolute Gasteiger partial charge is 0.239 e. The minimum absolute atomic E-state index is 0.514. The van der Waals surface area contributed by atoms with Crippen molar-refractivity contribution in [1.82, 2.24) is 4.98 Å². The highest BCUT2D eigenvalue weighted by Crippen LogP contribution is 2.45. The van der Waals surface area contributed by atoms with Crippen molar-refractivity contribution in [3.63, 3.8) is 0 Å². The number of aromatic nitrogens is 1. The maximum Gasteiger partial charge on any atom is 0.239 e. The lowest BCUT2D eigenvalue weighted by Crippen LogP contribution is -2.43. The van der Waals surface area contributed by atoms with E-state index in [1.807, 2.05) is 20.2 Å². The van der Waals surface area contributed by atoms with Gasteiger partial charge in [-0.15, -0.1) is 0 Å². The fourth-order valence-electron chi connectivity index (χ4n) is 3.16. The van der Waals surface area contributed by atoms with E-state index < -0.39 is 0 Å². The average Bonchev–Trinajstić information content (AvgIpc) is 2.76. The second-order valence-electron chi connectivity index (χ2n) is 5.60. The summed E-state index contributed by atoms with van der Waals surface area (Å²) in [4.78, 5) is 6.40. The molecule has 0 spiro atoms. The Bertz CT molecular complexity index is 498. The predicted molar refractivity (Wildman–Crippen MR) is 77.9 cm³/mol. The minimum Gasteiger partial charge on any atom is -0.479 e. The van der Waals surface area contributed by atoms with Crippen molar-refractivity contribution in [2.75, 3.05) is 31.4 Å². The molecule has 1 fully saturated rings. The minimum atomic E-state index is 0.514. The fraction of sp³-hybridized carbons (Fsp3) is 0.533. The lowest BCUT2D eigenvalue weighted by atomic mass is 9.71. The van der Waals surface area contributed by atoms with Crippen LogP contribution in [0.1, 0.15) is 12.8 Å². The van der Waals surface area contributed by atoms with Crippen molar-refractivity contribution in [3.8, 4) is 5.88 Å². The number of hydrogen-bond acceptors (Lipinski definition) is 4. The van der Waals surface area contributed by atoms with E-state index in [1.165, 1.54) is 12.8 Å². The molecule has 1 heterocycles. The number of pyridine rings is 1. The van der Waals surface area contributed by atoms with E-state index in [9.17, 15) is 0 Å². The van der Waals surface area contributed by atoms with Gasteiger partial charge in [-0.3, -0.25) is 0 Å². The molecule has 0 amide bonds. The third-order valence-electron chi connectivity index (χ3n) is 4.26. The number of nitrogens with zero attached hydrogens (tertiary/aromatic N) is 2. The van der Waals surface area contributed by atoms with Crippen LogP contribution in [0.15, 0.2) is 24.4 Å². The first-order valence-corrected chi connectivity index (χ1v) is 6.84. The Labute approximate surface area is 114 Å². The van der Waals surface area contributed by atoms with Gasteiger partial charge < -0.3 is 15.0 Å². The summed E-state index contributed by atoms with van der Waals surface area (Å²) in [5.74, 6) is 2.21. The van der Waals surface area contributed by atoms with Crippen molar-refractivity contribution in [1.29, 1.82) is 0 Å². The van der Waals surface area contributed by atoms with Gasteiger partial charge in [0.15, 0.2) is 0 Å². The molecule has 0 radical (unpaired) electrons. The Hall–Kier alpha value is -1.71. The normalized spacial score (nSPS) is 27.6. The highest BCUT2D eigenvalue weighted by atomic mass is 16.5. The molecule has 1 aromatic heterocycles. The molecule has 1 saturated carbocycles. The zero-order chi connectivity index (χ0) is 13.4. The van der Waals surface area contributed by atoms with E-state index in [4.69, 9.17) is 4.74 Å². The van der Waals surface area contributed by atoms with Gasteiger partial charge in [0.25, 0.3) is 0 Å². The number of fused-ring (bicyclic) bond motifs is 1. The molecule has 0 bridgehead atoms. The predicted octanol–water partition coefficient (Wildman–Crippen LogP) is 2.53. The Morgan fingerprint density at radius 3 is 2.95 bits per heavy atom. The highest BCUT2D eigenvalue weighted by Gasteiger charge is 2.41. The third kappa shape index (κ3) is 2.05. The van der Waals surface area contributed by atoms with E-state index in [0.717, 1.165) is 17.3 Å². The molecule has 102 valence electrons. The molecule has 0 aromatic carbocycles. The first-order chi connectivity index (χ1) is 9.20. The second-order valence-corrected chi connectivity index (χ2v) is 5.60. The van der Waals surface area contributed by atoms with Gasteiger partial charge in [-0.2, -0.15) is 0 Å². The molecule has 2 aliphatic rings. The maximum atomic E-state index is 5.40. The maximum absolute atomic E-state index is 5.40. The van der Waals surface area contributed by atoms with Crippen LogP contribution in [-0.2, 0) is 0 Å². The lowest BCUT2D eigenvalue weighted by Gasteiger charge is -2.41. The quantitative estimate of drug-likeness (QED) is 0.843. The van der Waals surface area contributed by atoms with Gasteiger partial charge in [0, 0.05) is 32.3 Å². The molecule has 4 heteroatoms. The zero-order valence-corrected chi connectivity index (χ0v) is 11.8. The number of rotatable bonds is 4. The summed E-state index contributed by atoms with van der Waals surface area (Å²) < 4.78 is 5.40. The Balaban J connectivity index is 1.84. The van der Waals surface area contributed by atoms with Crippen LogP contribution in [0.25, 0.3) is 0 Å². The van der Waals surface area contributed by atoms with Crippen LogP contribution >= 0.6 is 0 Å². The van der Waals surface area contributed by atoms with Gasteiger partial charge in [-0.05, 0) is 24.8 Å². The van der Waals surface area contributed by atoms with Crippen LogP contribution in [0.3, 0.4) is 0 Å². The molecular weight excluding hydrogens is 238 g/mol. The van der Waals surface area contributed by atoms with E-state index in [1.54, 1.807) is 13.3 Å². The first kappa shape index (κ1) is 12.3. The van der Waals surface area contributed by atoms with E-state index >= 15 is 0 Å². The number of methoxy groups -OCH3 is 1. The molecular formula is C15H21N3O. The molecule has 3 rings (SSSR count). The molecule has 0 saturated heterocycles. The molecule has 2 aliphatic carbocycles. The van der Waals surface area contributed by atoms with E-state index in [-0.39, 0.29) is 0 Å². The average molecular weight is 259 g/mol. The van der Waals surface area contributed by atoms with Crippen molar-refractivity contribution in [2.24, 2.45) is 11.8 Å². The SMILES string of the molecule is COc1nccc(N(C)C)c1NC1CC2CC=CC21. The standard InChI is InChI=1S/C15H21N3O/c1-18(2)13-7-8-16-15(19-3)14(13)17-12-9-10-5-4-6-11(10)12/h4,6-8,10-12,17H,5,9H2,1-3H3. The summed E-state index contributed by atoms with van der Waals surface area (Å²) in [7, 11) is 5.75. The second kappa shape index (κ2) is 4.76. The molecule has 1 aromatic rings. The van der Waals surface area contributed by atoms with Crippen molar-refractivity contribution < 1.29 is 4.74 Å². The summed E-state index contributed by atoms with van der Waals surface area (Å²) in [5, 5.41) is 3.64. The van der Waals surface area contributed by atoms with Gasteiger partial charge in [0.2, 0.25) is 5.88 Å². The Morgan fingerprint density at radius 2 is 2.26 bits per heavy atom. The fourth-order valence-corrected chi connectivity index (χ4v) is 3.16. The number of allylic oxidation sites excluding steroid dienone is 1. The summed E-state index contributed by atoms with van der Waals surface area (Å²) >= 11 is 0. The Kier molecular flexibility index (Phi) is 3.09. The number of nitrogens with one attached hydrogen (secondary N) is 1. The molecule has 3 unspecified atom stereocenters. The molecule has 4 nitrogen and oxygen atoms in total. The summed E-state index contributed by atoms with van der Waals surface area (Å²) in [5.41, 5.74) is 2.14. The monoisotopic (exact) mass is 259 g/mol. The summed E-state index contributed by atoms with van der Waals surface area (Å²) in [6, 6.07) is 2.53. The van der Waals surface area contributed by atoms with Crippen LogP contribution in [0.5, 0.6) is 5.88 Å². The van der Waals surface area contributed by atoms with Crippen molar-refractivity contribution >= 4 is 11.4 Å². The van der Waals surface area contributed by atoms with Gasteiger partial charge >= 0.3 is 0 Å². The lowest BCUT2D eigenvalue weighted by molar-refractivity contribution is 0.217. The number of ether oxygens (including phenoxy) is 1. The topological polar surface area (TPSA) is 37.4 Å². The molecule has 1 N–H and O–H groups in total. The van der Waals surface area contributed by atoms with Gasteiger partial charge in [-0.25, -0.2) is 4.98 Å². The number of anilines is 2. The van der Waals surface area contributed by atoms with Gasteiger partial charge in [0.05, 0.1) is 12.8 Å². The van der Waals surface area contributed by atoms with E-state index in [0.29, 0.717) is 17.8 Å². The van der Waals surface area contributed by atoms with Crippen LogP contribution < -0.4 is 15.0 Å². The third-order valence-corrected chi connectivity index (χ3v) is 4.26. The van der Waals surface area contributed by atoms with E-state index in [2.05, 4.69) is 27.4 Å². The summed E-state index contributed by atoms with van der Waals surface area (Å²) in [6.07, 6.45) is 8.93. The number of hydrogen-bond donors (Lipinski definition) is 1. The molecule has 19 heavy (non-hydrogen) atoms. The largest absolute Gasteiger partial charge is 0.479 e. The van der Waals surface area contributed by atoms with Crippen LogP contribution in [0.4, 0.5) is 11.4 Å². The van der Waals surface area contributed by atoms with Gasteiger partial charge in [0.1, 0.15) is 5.69 Å². The zero-order valence-electron chi connectivity index (χ0n) is 11.8. The van der Waals surface area contributed by atoms with Crippen LogP contribution in [0.2, 0.25) is 0 Å². The first-order valence-electron chi connectivity index (χ1n) is 6.84. The van der Waals surface area contributed by atoms with Gasteiger partial charge in [-0.1, -0.05) is 12.2 Å². The Morgan fingerprint density at radius 1 is 1.42 bits per heavy atom. The van der Waals surface area contributed by atoms with Crippen molar-refractivity contribution in [2.45, 2.75) is 18.9 Å². The van der Waals surface area contributed by atoms with Crippen LogP contribution in [0, 0.1) is 11.8 Å². The summed E-state index contributed by atoms with van der Waals surface area (Å²) in [6.45, 7) is 0. The highest BCUT2D eigenvalue weighted by molar-refractivity contribution is 5.74. The molecule has 3 atom stereocenters. The van der Waals surface area contributed by atoms with Crippen molar-refractivity contribution in [3.05, 3.63) is 24.4 Å². The van der Waals surface area contributed by atoms with Crippen LogP contribution in [-0.4, -0.2) is 32.2 Å². The molecule has 0 aliphatic heterocycles.